The summed E-state index contributed by atoms with van der Waals surface area (Å²) in [6.45, 7) is 3.16. The standard InChI is InChI=1S/C24H22N4O3/c1-14-19(23(30)31)11-25-24(26-14)28-9-8-22-20(12-28)18-10-17(6-7-21(18)27-22)16-4-2-15(13-29)3-5-16/h2-7,10-11,27,29H,8-9,12-13H2,1H3,(H,30,31). The van der Waals surface area contributed by atoms with Crippen molar-refractivity contribution in [3.8, 4) is 11.1 Å². The fourth-order valence-corrected chi connectivity index (χ4v) is 4.18. The molecule has 1 aliphatic heterocycles. The number of nitrogens with zero attached hydrogens (tertiary/aromatic N) is 3. The van der Waals surface area contributed by atoms with Crippen LogP contribution < -0.4 is 4.90 Å². The Morgan fingerprint density at radius 3 is 2.65 bits per heavy atom. The van der Waals surface area contributed by atoms with Crippen LogP contribution >= 0.6 is 0 Å². The van der Waals surface area contributed by atoms with Gasteiger partial charge in [0.25, 0.3) is 0 Å². The maximum absolute atomic E-state index is 11.3. The number of H-pyrrole nitrogens is 1. The van der Waals surface area contributed by atoms with Crippen LogP contribution in [-0.4, -0.2) is 37.7 Å². The van der Waals surface area contributed by atoms with Gasteiger partial charge >= 0.3 is 5.97 Å². The fourth-order valence-electron chi connectivity index (χ4n) is 4.18. The van der Waals surface area contributed by atoms with Gasteiger partial charge in [-0.05, 0) is 35.7 Å². The second-order valence-corrected chi connectivity index (χ2v) is 7.84. The Labute approximate surface area is 179 Å². The van der Waals surface area contributed by atoms with Gasteiger partial charge in [0.2, 0.25) is 5.95 Å². The van der Waals surface area contributed by atoms with Crippen molar-refractivity contribution in [1.29, 1.82) is 0 Å². The van der Waals surface area contributed by atoms with Crippen molar-refractivity contribution < 1.29 is 15.0 Å². The number of carbonyl (C=O) groups is 1. The molecule has 0 atom stereocenters. The van der Waals surface area contributed by atoms with Gasteiger partial charge in [0.1, 0.15) is 0 Å². The normalized spacial score (nSPS) is 13.4. The number of nitrogens with one attached hydrogen (secondary N) is 1. The molecule has 0 aliphatic carbocycles. The van der Waals surface area contributed by atoms with E-state index < -0.39 is 5.97 Å². The minimum Gasteiger partial charge on any atom is -0.478 e. The van der Waals surface area contributed by atoms with Gasteiger partial charge < -0.3 is 20.1 Å². The Hall–Kier alpha value is -3.71. The van der Waals surface area contributed by atoms with E-state index in [1.807, 2.05) is 24.3 Å². The first-order chi connectivity index (χ1) is 15.0. The molecule has 7 nitrogen and oxygen atoms in total. The maximum Gasteiger partial charge on any atom is 0.339 e. The SMILES string of the molecule is Cc1nc(N2CCc3[nH]c4ccc(-c5ccc(CO)cc5)cc4c3C2)ncc1C(=O)O. The number of hydrogen-bond donors (Lipinski definition) is 3. The zero-order valence-corrected chi connectivity index (χ0v) is 17.1. The third kappa shape index (κ3) is 3.43. The van der Waals surface area contributed by atoms with Crippen LogP contribution in [0.25, 0.3) is 22.0 Å². The summed E-state index contributed by atoms with van der Waals surface area (Å²) in [5, 5.41) is 19.7. The number of aliphatic hydroxyl groups excluding tert-OH is 1. The maximum atomic E-state index is 11.3. The van der Waals surface area contributed by atoms with E-state index in [0.29, 0.717) is 18.2 Å². The van der Waals surface area contributed by atoms with E-state index in [9.17, 15) is 15.0 Å². The smallest absolute Gasteiger partial charge is 0.339 e. The third-order valence-electron chi connectivity index (χ3n) is 5.92. The summed E-state index contributed by atoms with van der Waals surface area (Å²) in [7, 11) is 0. The molecular weight excluding hydrogens is 392 g/mol. The van der Waals surface area contributed by atoms with Gasteiger partial charge in [0, 0.05) is 47.9 Å². The van der Waals surface area contributed by atoms with Crippen LogP contribution in [0.5, 0.6) is 0 Å². The molecule has 0 unspecified atom stereocenters. The molecule has 3 heterocycles. The first kappa shape index (κ1) is 19.3. The number of aromatic amines is 1. The van der Waals surface area contributed by atoms with E-state index in [-0.39, 0.29) is 12.2 Å². The molecule has 0 saturated carbocycles. The molecule has 0 saturated heterocycles. The van der Waals surface area contributed by atoms with Gasteiger partial charge in [0.05, 0.1) is 17.9 Å². The molecule has 31 heavy (non-hydrogen) atoms. The minimum absolute atomic E-state index is 0.0372. The predicted molar refractivity (Wildman–Crippen MR) is 118 cm³/mol. The highest BCUT2D eigenvalue weighted by atomic mass is 16.4. The Morgan fingerprint density at radius 2 is 1.94 bits per heavy atom. The molecule has 5 rings (SSSR count). The molecule has 1 aliphatic rings. The summed E-state index contributed by atoms with van der Waals surface area (Å²) < 4.78 is 0. The molecule has 3 N–H and O–H groups in total. The lowest BCUT2D eigenvalue weighted by molar-refractivity contribution is 0.0695. The number of carboxylic acids is 1. The Kier molecular flexibility index (Phi) is 4.67. The molecule has 2 aromatic heterocycles. The molecular formula is C24H22N4O3. The molecule has 156 valence electrons. The summed E-state index contributed by atoms with van der Waals surface area (Å²) in [6.07, 6.45) is 2.23. The van der Waals surface area contributed by atoms with Crippen LogP contribution in [0.1, 0.15) is 32.9 Å². The van der Waals surface area contributed by atoms with Gasteiger partial charge in [-0.3, -0.25) is 0 Å². The van der Waals surface area contributed by atoms with Gasteiger partial charge in [-0.15, -0.1) is 0 Å². The monoisotopic (exact) mass is 414 g/mol. The average molecular weight is 414 g/mol. The number of rotatable bonds is 4. The molecule has 0 amide bonds. The lowest BCUT2D eigenvalue weighted by Gasteiger charge is -2.27. The highest BCUT2D eigenvalue weighted by molar-refractivity contribution is 5.90. The van der Waals surface area contributed by atoms with Crippen LogP contribution in [0.3, 0.4) is 0 Å². The van der Waals surface area contributed by atoms with Crippen LogP contribution in [0.15, 0.2) is 48.7 Å². The summed E-state index contributed by atoms with van der Waals surface area (Å²) in [5.74, 6) is -0.459. The van der Waals surface area contributed by atoms with Crippen LogP contribution in [0.2, 0.25) is 0 Å². The van der Waals surface area contributed by atoms with Crippen LogP contribution in [0.4, 0.5) is 5.95 Å². The van der Waals surface area contributed by atoms with Crippen LogP contribution in [-0.2, 0) is 19.6 Å². The number of carboxylic acid groups (broad SMARTS) is 1. The molecule has 7 heteroatoms. The lowest BCUT2D eigenvalue weighted by atomic mass is 9.99. The van der Waals surface area contributed by atoms with Crippen LogP contribution in [0, 0.1) is 6.92 Å². The van der Waals surface area contributed by atoms with Crippen molar-refractivity contribution >= 4 is 22.8 Å². The van der Waals surface area contributed by atoms with Crippen molar-refractivity contribution in [1.82, 2.24) is 15.0 Å². The summed E-state index contributed by atoms with van der Waals surface area (Å²) >= 11 is 0. The number of benzene rings is 2. The van der Waals surface area contributed by atoms with E-state index in [4.69, 9.17) is 0 Å². The van der Waals surface area contributed by atoms with Crippen molar-refractivity contribution in [3.05, 3.63) is 76.7 Å². The summed E-state index contributed by atoms with van der Waals surface area (Å²) in [6, 6.07) is 14.3. The van der Waals surface area contributed by atoms with Crippen molar-refractivity contribution in [2.24, 2.45) is 0 Å². The van der Waals surface area contributed by atoms with Gasteiger partial charge in [-0.1, -0.05) is 30.3 Å². The van der Waals surface area contributed by atoms with Crippen molar-refractivity contribution in [3.63, 3.8) is 0 Å². The number of anilines is 1. The molecule has 4 aromatic rings. The first-order valence-corrected chi connectivity index (χ1v) is 10.2. The molecule has 0 radical (unpaired) electrons. The average Bonchev–Trinajstić information content (AvgIpc) is 3.16. The third-order valence-corrected chi connectivity index (χ3v) is 5.92. The highest BCUT2D eigenvalue weighted by Crippen LogP contribution is 2.32. The number of aryl methyl sites for hydroxylation is 1. The van der Waals surface area contributed by atoms with E-state index in [1.54, 1.807) is 6.92 Å². The highest BCUT2D eigenvalue weighted by Gasteiger charge is 2.23. The number of hydrogen-bond acceptors (Lipinski definition) is 5. The second-order valence-electron chi connectivity index (χ2n) is 7.84. The molecule has 0 fully saturated rings. The van der Waals surface area contributed by atoms with E-state index >= 15 is 0 Å². The van der Waals surface area contributed by atoms with E-state index in [0.717, 1.165) is 35.2 Å². The number of aromatic nitrogens is 3. The zero-order valence-electron chi connectivity index (χ0n) is 17.1. The lowest BCUT2D eigenvalue weighted by Crippen LogP contribution is -2.31. The van der Waals surface area contributed by atoms with Crippen molar-refractivity contribution in [2.45, 2.75) is 26.5 Å². The van der Waals surface area contributed by atoms with Gasteiger partial charge in [-0.2, -0.15) is 0 Å². The summed E-state index contributed by atoms with van der Waals surface area (Å²) in [5.41, 5.74) is 7.25. The molecule has 0 bridgehead atoms. The minimum atomic E-state index is -1.01. The molecule has 0 spiro atoms. The number of aromatic carboxylic acids is 1. The van der Waals surface area contributed by atoms with E-state index in [1.165, 1.54) is 22.8 Å². The largest absolute Gasteiger partial charge is 0.478 e. The Balaban J connectivity index is 1.49. The van der Waals surface area contributed by atoms with Gasteiger partial charge in [0.15, 0.2) is 0 Å². The number of fused-ring (bicyclic) bond motifs is 3. The quantitative estimate of drug-likeness (QED) is 0.471. The Morgan fingerprint density at radius 1 is 1.16 bits per heavy atom. The van der Waals surface area contributed by atoms with E-state index in [2.05, 4.69) is 38.1 Å². The summed E-state index contributed by atoms with van der Waals surface area (Å²) in [4.78, 5) is 25.6. The molecule has 2 aromatic carbocycles. The predicted octanol–water partition coefficient (Wildman–Crippen LogP) is 3.69. The zero-order chi connectivity index (χ0) is 21.5. The Bertz CT molecular complexity index is 1290. The number of aliphatic hydroxyl groups is 1. The van der Waals surface area contributed by atoms with Gasteiger partial charge in [-0.25, -0.2) is 14.8 Å². The first-order valence-electron chi connectivity index (χ1n) is 10.2. The second kappa shape index (κ2) is 7.52. The van der Waals surface area contributed by atoms with Crippen molar-refractivity contribution in [2.75, 3.05) is 11.4 Å². The topological polar surface area (TPSA) is 102 Å². The fraction of sp³-hybridized carbons (Fsp3) is 0.208.